The van der Waals surface area contributed by atoms with E-state index in [2.05, 4.69) is 0 Å². The molecular formula is C21H22F2N2O3. The molecule has 3 rings (SSSR count). The Morgan fingerprint density at radius 2 is 2.14 bits per heavy atom. The molecule has 7 heteroatoms. The molecule has 1 aliphatic rings. The van der Waals surface area contributed by atoms with Crippen LogP contribution in [0.15, 0.2) is 46.8 Å². The van der Waals surface area contributed by atoms with Gasteiger partial charge in [-0.15, -0.1) is 0 Å². The van der Waals surface area contributed by atoms with Gasteiger partial charge in [-0.2, -0.15) is 0 Å². The van der Waals surface area contributed by atoms with Gasteiger partial charge in [0.15, 0.2) is 0 Å². The number of fused-ring (bicyclic) bond motifs is 1. The number of hydrogen-bond donors (Lipinski definition) is 2. The number of rotatable bonds is 6. The molecule has 2 aromatic rings. The van der Waals surface area contributed by atoms with Gasteiger partial charge in [0.25, 0.3) is 5.56 Å². The standard InChI is InChI=1S/C21H22F2N2O3/c1-11(9-17(23)18(24)5-7-22)14-6-8-25-19(12(14)2)15(13-3-4-13)10-16(20(25)26)21(27)28/h5-6,8-11,13H,3-4,7,24H2,1-2H3,(H,27,28)/b17-9+,18-5+. The predicted octanol–water partition coefficient (Wildman–Crippen LogP) is 3.95. The lowest BCUT2D eigenvalue weighted by atomic mass is 9.93. The van der Waals surface area contributed by atoms with Gasteiger partial charge in [-0.25, -0.2) is 13.6 Å². The average molecular weight is 388 g/mol. The molecule has 28 heavy (non-hydrogen) atoms. The Hall–Kier alpha value is -2.96. The van der Waals surface area contributed by atoms with Crippen LogP contribution in [0, 0.1) is 6.92 Å². The first-order chi connectivity index (χ1) is 13.3. The zero-order chi connectivity index (χ0) is 20.6. The van der Waals surface area contributed by atoms with Crippen LogP contribution in [0.5, 0.6) is 0 Å². The summed E-state index contributed by atoms with van der Waals surface area (Å²) < 4.78 is 27.9. The molecule has 1 aliphatic carbocycles. The fourth-order valence-electron chi connectivity index (χ4n) is 3.55. The Balaban J connectivity index is 2.18. The summed E-state index contributed by atoms with van der Waals surface area (Å²) in [6, 6.07) is 3.15. The Labute approximate surface area is 160 Å². The van der Waals surface area contributed by atoms with E-state index in [-0.39, 0.29) is 23.1 Å². The van der Waals surface area contributed by atoms with Crippen LogP contribution in [-0.2, 0) is 0 Å². The maximum absolute atomic E-state index is 14.2. The maximum Gasteiger partial charge on any atom is 0.341 e. The molecule has 0 aromatic carbocycles. The summed E-state index contributed by atoms with van der Waals surface area (Å²) in [6.45, 7) is 2.76. The Morgan fingerprint density at radius 3 is 2.71 bits per heavy atom. The number of nitrogens with zero attached hydrogens (tertiary/aromatic N) is 1. The molecule has 0 bridgehead atoms. The number of aromatic nitrogens is 1. The van der Waals surface area contributed by atoms with Crippen molar-refractivity contribution in [3.8, 4) is 0 Å². The van der Waals surface area contributed by atoms with Gasteiger partial charge in [0.2, 0.25) is 0 Å². The highest BCUT2D eigenvalue weighted by Crippen LogP contribution is 2.43. The van der Waals surface area contributed by atoms with Crippen molar-refractivity contribution in [3.63, 3.8) is 0 Å². The van der Waals surface area contributed by atoms with E-state index in [1.807, 2.05) is 6.92 Å². The van der Waals surface area contributed by atoms with E-state index in [1.54, 1.807) is 13.0 Å². The van der Waals surface area contributed by atoms with Gasteiger partial charge in [0.05, 0.1) is 11.2 Å². The van der Waals surface area contributed by atoms with Crippen LogP contribution in [-0.4, -0.2) is 22.2 Å². The van der Waals surface area contributed by atoms with Crippen molar-refractivity contribution in [1.82, 2.24) is 4.40 Å². The van der Waals surface area contributed by atoms with Crippen molar-refractivity contribution < 1.29 is 18.7 Å². The zero-order valence-corrected chi connectivity index (χ0v) is 15.7. The number of pyridine rings is 2. The van der Waals surface area contributed by atoms with Gasteiger partial charge in [-0.05, 0) is 66.7 Å². The molecule has 0 radical (unpaired) electrons. The topological polar surface area (TPSA) is 84.8 Å². The molecule has 0 saturated heterocycles. The summed E-state index contributed by atoms with van der Waals surface area (Å²) in [4.78, 5) is 24.0. The van der Waals surface area contributed by atoms with Crippen LogP contribution in [0.3, 0.4) is 0 Å². The quantitative estimate of drug-likeness (QED) is 0.734. The number of nitrogens with two attached hydrogens (primary N) is 1. The number of carboxylic acid groups (broad SMARTS) is 1. The lowest BCUT2D eigenvalue weighted by Crippen LogP contribution is -2.24. The van der Waals surface area contributed by atoms with E-state index in [0.717, 1.165) is 35.6 Å². The second-order valence-electron chi connectivity index (χ2n) is 7.13. The van der Waals surface area contributed by atoms with Crippen molar-refractivity contribution in [1.29, 1.82) is 0 Å². The van der Waals surface area contributed by atoms with Gasteiger partial charge in [0, 0.05) is 12.1 Å². The van der Waals surface area contributed by atoms with E-state index < -0.39 is 24.0 Å². The first kappa shape index (κ1) is 19.8. The molecule has 1 saturated carbocycles. The van der Waals surface area contributed by atoms with E-state index in [4.69, 9.17) is 5.73 Å². The molecule has 1 atom stereocenters. The summed E-state index contributed by atoms with van der Waals surface area (Å²) in [5.41, 5.74) is 7.45. The van der Waals surface area contributed by atoms with Gasteiger partial charge < -0.3 is 10.8 Å². The van der Waals surface area contributed by atoms with Crippen molar-refractivity contribution in [2.45, 2.75) is 38.5 Å². The first-order valence-corrected chi connectivity index (χ1v) is 9.07. The Morgan fingerprint density at radius 1 is 1.46 bits per heavy atom. The van der Waals surface area contributed by atoms with Crippen LogP contribution in [0.2, 0.25) is 0 Å². The number of carbonyl (C=O) groups is 1. The number of carboxylic acids is 1. The lowest BCUT2D eigenvalue weighted by Gasteiger charge is -2.17. The van der Waals surface area contributed by atoms with E-state index in [0.29, 0.717) is 5.52 Å². The van der Waals surface area contributed by atoms with Crippen LogP contribution < -0.4 is 11.3 Å². The normalized spacial score (nSPS) is 16.4. The van der Waals surface area contributed by atoms with Crippen molar-refractivity contribution >= 4 is 11.5 Å². The zero-order valence-electron chi connectivity index (χ0n) is 15.7. The molecular weight excluding hydrogens is 366 g/mol. The smallest absolute Gasteiger partial charge is 0.341 e. The van der Waals surface area contributed by atoms with Crippen LogP contribution in [0.1, 0.15) is 58.6 Å². The summed E-state index contributed by atoms with van der Waals surface area (Å²) >= 11 is 0. The SMILES string of the molecule is Cc1c(C(C)/C=C(F)\C(N)=C/CF)ccn2c(=O)c(C(=O)O)cc(C3CC3)c12. The fourth-order valence-corrected chi connectivity index (χ4v) is 3.55. The molecule has 0 amide bonds. The highest BCUT2D eigenvalue weighted by Gasteiger charge is 2.29. The first-order valence-electron chi connectivity index (χ1n) is 9.07. The minimum absolute atomic E-state index is 0.216. The second kappa shape index (κ2) is 7.58. The number of aryl methyl sites for hydroxylation is 1. The van der Waals surface area contributed by atoms with Crippen molar-refractivity contribution in [3.05, 3.63) is 74.6 Å². The third-order valence-electron chi connectivity index (χ3n) is 5.16. The Bertz CT molecular complexity index is 1070. The molecule has 1 fully saturated rings. The highest BCUT2D eigenvalue weighted by atomic mass is 19.1. The minimum atomic E-state index is -1.25. The third-order valence-corrected chi connectivity index (χ3v) is 5.16. The monoisotopic (exact) mass is 388 g/mol. The van der Waals surface area contributed by atoms with Gasteiger partial charge >= 0.3 is 5.97 Å². The molecule has 5 nitrogen and oxygen atoms in total. The van der Waals surface area contributed by atoms with Crippen LogP contribution in [0.4, 0.5) is 8.78 Å². The number of allylic oxidation sites excluding steroid dienone is 3. The minimum Gasteiger partial charge on any atom is -0.477 e. The molecule has 3 N–H and O–H groups in total. The van der Waals surface area contributed by atoms with E-state index in [1.165, 1.54) is 22.7 Å². The van der Waals surface area contributed by atoms with Crippen LogP contribution >= 0.6 is 0 Å². The van der Waals surface area contributed by atoms with Crippen molar-refractivity contribution in [2.24, 2.45) is 5.73 Å². The largest absolute Gasteiger partial charge is 0.477 e. The summed E-state index contributed by atoms with van der Waals surface area (Å²) in [5.74, 6) is -2.12. The predicted molar refractivity (Wildman–Crippen MR) is 103 cm³/mol. The summed E-state index contributed by atoms with van der Waals surface area (Å²) in [6.07, 6.45) is 5.67. The Kier molecular flexibility index (Phi) is 5.36. The number of alkyl halides is 1. The fraction of sp³-hybridized carbons (Fsp3) is 0.333. The number of halogens is 2. The molecule has 0 aliphatic heterocycles. The molecule has 2 heterocycles. The molecule has 2 aromatic heterocycles. The van der Waals surface area contributed by atoms with Crippen molar-refractivity contribution in [2.75, 3.05) is 6.67 Å². The van der Waals surface area contributed by atoms with Gasteiger partial charge in [-0.3, -0.25) is 9.20 Å². The maximum atomic E-state index is 14.2. The third kappa shape index (κ3) is 3.56. The summed E-state index contributed by atoms with van der Waals surface area (Å²) in [7, 11) is 0. The number of hydrogen-bond acceptors (Lipinski definition) is 3. The summed E-state index contributed by atoms with van der Waals surface area (Å²) in [5, 5.41) is 9.35. The lowest BCUT2D eigenvalue weighted by molar-refractivity contribution is 0.0694. The van der Waals surface area contributed by atoms with E-state index in [9.17, 15) is 23.5 Å². The van der Waals surface area contributed by atoms with Gasteiger partial charge in [-0.1, -0.05) is 6.92 Å². The van der Waals surface area contributed by atoms with E-state index >= 15 is 0 Å². The molecule has 0 spiro atoms. The molecule has 1 unspecified atom stereocenters. The second-order valence-corrected chi connectivity index (χ2v) is 7.13. The molecule has 148 valence electrons. The highest BCUT2D eigenvalue weighted by molar-refractivity contribution is 5.88. The average Bonchev–Trinajstić information content (AvgIpc) is 3.47. The van der Waals surface area contributed by atoms with Crippen LogP contribution in [0.25, 0.3) is 5.52 Å². The van der Waals surface area contributed by atoms with Gasteiger partial charge in [0.1, 0.15) is 18.1 Å². The number of aromatic carboxylic acids is 1.